The van der Waals surface area contributed by atoms with Crippen molar-refractivity contribution in [3.63, 3.8) is 0 Å². The van der Waals surface area contributed by atoms with Gasteiger partial charge >= 0.3 is 6.16 Å². The fourth-order valence-electron chi connectivity index (χ4n) is 0.687. The molecule has 0 bridgehead atoms. The second kappa shape index (κ2) is 3.74. The SMILES string of the molecule is O=C(F)Nc1ccc(Cl)c(Cl)c1. The normalized spacial score (nSPS) is 9.58. The van der Waals surface area contributed by atoms with Crippen molar-refractivity contribution in [2.75, 3.05) is 5.32 Å². The van der Waals surface area contributed by atoms with Crippen molar-refractivity contribution in [3.05, 3.63) is 28.2 Å². The minimum absolute atomic E-state index is 0.267. The number of hydrogen-bond donors (Lipinski definition) is 1. The lowest BCUT2D eigenvalue weighted by molar-refractivity contribution is 0.235. The number of benzene rings is 1. The molecular weight excluding hydrogens is 204 g/mol. The van der Waals surface area contributed by atoms with Gasteiger partial charge in [0.05, 0.1) is 10.0 Å². The first-order valence-electron chi connectivity index (χ1n) is 3.01. The minimum Gasteiger partial charge on any atom is -0.298 e. The average molecular weight is 208 g/mol. The zero-order valence-electron chi connectivity index (χ0n) is 5.77. The van der Waals surface area contributed by atoms with Crippen molar-refractivity contribution in [2.24, 2.45) is 0 Å². The lowest BCUT2D eigenvalue weighted by atomic mass is 10.3. The Morgan fingerprint density at radius 2 is 2.00 bits per heavy atom. The molecule has 5 heteroatoms. The van der Waals surface area contributed by atoms with Gasteiger partial charge in [0.1, 0.15) is 0 Å². The van der Waals surface area contributed by atoms with E-state index in [0.29, 0.717) is 5.02 Å². The highest BCUT2D eigenvalue weighted by atomic mass is 35.5. The Morgan fingerprint density at radius 1 is 1.33 bits per heavy atom. The second-order valence-corrected chi connectivity index (χ2v) is 2.84. The molecule has 0 saturated carbocycles. The van der Waals surface area contributed by atoms with Gasteiger partial charge in [-0.1, -0.05) is 23.2 Å². The molecule has 1 aromatic rings. The highest BCUT2D eigenvalue weighted by molar-refractivity contribution is 6.42. The molecule has 1 amide bonds. The fraction of sp³-hybridized carbons (Fsp3) is 0. The topological polar surface area (TPSA) is 29.1 Å². The first-order chi connectivity index (χ1) is 5.59. The molecule has 0 aliphatic heterocycles. The Kier molecular flexibility index (Phi) is 2.89. The molecule has 0 fully saturated rings. The zero-order valence-corrected chi connectivity index (χ0v) is 7.29. The maximum Gasteiger partial charge on any atom is 0.401 e. The van der Waals surface area contributed by atoms with Gasteiger partial charge in [-0.25, -0.2) is 4.79 Å². The number of carbonyl (C=O) groups is 1. The van der Waals surface area contributed by atoms with E-state index in [-0.39, 0.29) is 10.7 Å². The predicted octanol–water partition coefficient (Wildman–Crippen LogP) is 3.49. The van der Waals surface area contributed by atoms with E-state index < -0.39 is 6.16 Å². The number of amides is 1. The number of carbonyl (C=O) groups excluding carboxylic acids is 1. The summed E-state index contributed by atoms with van der Waals surface area (Å²) in [6.45, 7) is 0. The highest BCUT2D eigenvalue weighted by Gasteiger charge is 2.01. The molecule has 2 nitrogen and oxygen atoms in total. The number of halogens is 3. The maximum absolute atomic E-state index is 11.8. The summed E-state index contributed by atoms with van der Waals surface area (Å²) in [4.78, 5) is 9.96. The number of anilines is 1. The van der Waals surface area contributed by atoms with Crippen LogP contribution in [0.25, 0.3) is 0 Å². The molecule has 1 N–H and O–H groups in total. The van der Waals surface area contributed by atoms with E-state index in [1.54, 1.807) is 0 Å². The third-order valence-electron chi connectivity index (χ3n) is 1.16. The third kappa shape index (κ3) is 2.36. The Balaban J connectivity index is 2.89. The van der Waals surface area contributed by atoms with Crippen LogP contribution in [0.4, 0.5) is 14.9 Å². The Hall–Kier alpha value is -0.800. The molecule has 1 rings (SSSR count). The van der Waals surface area contributed by atoms with Gasteiger partial charge in [-0.15, -0.1) is 4.39 Å². The molecule has 0 saturated heterocycles. The summed E-state index contributed by atoms with van der Waals surface area (Å²) in [5.41, 5.74) is 0.275. The lowest BCUT2D eigenvalue weighted by Crippen LogP contribution is -2.01. The molecule has 64 valence electrons. The summed E-state index contributed by atoms with van der Waals surface area (Å²) in [7, 11) is 0. The summed E-state index contributed by atoms with van der Waals surface area (Å²) < 4.78 is 11.8. The molecule has 12 heavy (non-hydrogen) atoms. The average Bonchev–Trinajstić information content (AvgIpc) is 1.96. The van der Waals surface area contributed by atoms with E-state index in [0.717, 1.165) is 0 Å². The van der Waals surface area contributed by atoms with Crippen molar-refractivity contribution in [1.82, 2.24) is 0 Å². The fourth-order valence-corrected chi connectivity index (χ4v) is 0.985. The van der Waals surface area contributed by atoms with E-state index in [1.165, 1.54) is 18.2 Å². The van der Waals surface area contributed by atoms with Crippen LogP contribution in [0.5, 0.6) is 0 Å². The van der Waals surface area contributed by atoms with Gasteiger partial charge in [0, 0.05) is 5.69 Å². The summed E-state index contributed by atoms with van der Waals surface area (Å²) in [5.74, 6) is 0. The second-order valence-electron chi connectivity index (χ2n) is 2.03. The van der Waals surface area contributed by atoms with Crippen LogP contribution in [0.2, 0.25) is 10.0 Å². The molecule has 0 heterocycles. The molecule has 0 unspecified atom stereocenters. The van der Waals surface area contributed by atoms with E-state index in [4.69, 9.17) is 23.2 Å². The molecule has 0 aliphatic rings. The van der Waals surface area contributed by atoms with Crippen molar-refractivity contribution < 1.29 is 9.18 Å². The van der Waals surface area contributed by atoms with E-state index in [9.17, 15) is 9.18 Å². The number of nitrogens with one attached hydrogen (secondary N) is 1. The molecule has 1 aromatic carbocycles. The smallest absolute Gasteiger partial charge is 0.298 e. The first-order valence-corrected chi connectivity index (χ1v) is 3.77. The third-order valence-corrected chi connectivity index (χ3v) is 1.90. The van der Waals surface area contributed by atoms with Crippen LogP contribution in [-0.4, -0.2) is 6.16 Å². The van der Waals surface area contributed by atoms with Gasteiger partial charge in [-0.05, 0) is 18.2 Å². The van der Waals surface area contributed by atoms with Crippen LogP contribution >= 0.6 is 23.2 Å². The highest BCUT2D eigenvalue weighted by Crippen LogP contribution is 2.24. The van der Waals surface area contributed by atoms with Crippen LogP contribution in [0, 0.1) is 0 Å². The van der Waals surface area contributed by atoms with Crippen LogP contribution < -0.4 is 5.32 Å². The predicted molar refractivity (Wildman–Crippen MR) is 46.6 cm³/mol. The van der Waals surface area contributed by atoms with E-state index >= 15 is 0 Å². The van der Waals surface area contributed by atoms with Crippen molar-refractivity contribution in [1.29, 1.82) is 0 Å². The zero-order chi connectivity index (χ0) is 9.14. The van der Waals surface area contributed by atoms with Crippen LogP contribution in [-0.2, 0) is 0 Å². The van der Waals surface area contributed by atoms with Crippen molar-refractivity contribution in [3.8, 4) is 0 Å². The summed E-state index contributed by atoms with van der Waals surface area (Å²) >= 11 is 11.2. The maximum atomic E-state index is 11.8. The Bertz CT molecular complexity index is 316. The van der Waals surface area contributed by atoms with E-state index in [2.05, 4.69) is 0 Å². The van der Waals surface area contributed by atoms with Crippen molar-refractivity contribution >= 4 is 35.1 Å². The van der Waals surface area contributed by atoms with Crippen LogP contribution in [0.3, 0.4) is 0 Å². The van der Waals surface area contributed by atoms with Gasteiger partial charge in [0.15, 0.2) is 0 Å². The van der Waals surface area contributed by atoms with Gasteiger partial charge in [-0.3, -0.25) is 5.32 Å². The number of hydrogen-bond acceptors (Lipinski definition) is 1. The van der Waals surface area contributed by atoms with Gasteiger partial charge in [0.2, 0.25) is 0 Å². The largest absolute Gasteiger partial charge is 0.401 e. The van der Waals surface area contributed by atoms with Gasteiger partial charge in [-0.2, -0.15) is 0 Å². The summed E-state index contributed by atoms with van der Waals surface area (Å²) in [6, 6.07) is 4.28. The molecule has 0 radical (unpaired) electrons. The minimum atomic E-state index is -1.63. The van der Waals surface area contributed by atoms with E-state index in [1.807, 2.05) is 5.32 Å². The quantitative estimate of drug-likeness (QED) is 0.555. The van der Waals surface area contributed by atoms with Gasteiger partial charge < -0.3 is 0 Å². The van der Waals surface area contributed by atoms with Crippen LogP contribution in [0.15, 0.2) is 18.2 Å². The molecule has 0 aliphatic carbocycles. The molecular formula is C7H4Cl2FNO. The summed E-state index contributed by atoms with van der Waals surface area (Å²) in [6.07, 6.45) is -1.63. The summed E-state index contributed by atoms with van der Waals surface area (Å²) in [5, 5.41) is 2.55. The first kappa shape index (κ1) is 9.29. The Labute approximate surface area is 78.3 Å². The van der Waals surface area contributed by atoms with Crippen molar-refractivity contribution in [2.45, 2.75) is 0 Å². The van der Waals surface area contributed by atoms with Gasteiger partial charge in [0.25, 0.3) is 0 Å². The standard InChI is InChI=1S/C7H4Cl2FNO/c8-5-2-1-4(3-6(5)9)11-7(10)12/h1-3H,(H,11,12). The molecule has 0 atom stereocenters. The van der Waals surface area contributed by atoms with Crippen LogP contribution in [0.1, 0.15) is 0 Å². The Morgan fingerprint density at radius 3 is 2.50 bits per heavy atom. The lowest BCUT2D eigenvalue weighted by Gasteiger charge is -2.00. The molecule has 0 aromatic heterocycles. The monoisotopic (exact) mass is 207 g/mol. The molecule has 0 spiro atoms. The number of rotatable bonds is 1.